The molecule has 34 heavy (non-hydrogen) atoms. The van der Waals surface area contributed by atoms with Gasteiger partial charge in [-0.3, -0.25) is 18.8 Å². The van der Waals surface area contributed by atoms with E-state index < -0.39 is 11.4 Å². The lowest BCUT2D eigenvalue weighted by Crippen LogP contribution is -2.42. The zero-order valence-corrected chi connectivity index (χ0v) is 19.1. The number of carboxylic acid groups (broad SMARTS) is 1. The highest BCUT2D eigenvalue weighted by molar-refractivity contribution is 6.00. The van der Waals surface area contributed by atoms with E-state index in [4.69, 9.17) is 4.74 Å². The van der Waals surface area contributed by atoms with Gasteiger partial charge < -0.3 is 20.1 Å². The van der Waals surface area contributed by atoms with Crippen LogP contribution in [0, 0.1) is 5.41 Å². The van der Waals surface area contributed by atoms with Crippen molar-refractivity contribution >= 4 is 34.1 Å². The SMILES string of the molecule is CC1(C(=O)O)CCC(NC(=O)c2cccn3c(=O)c4cc(N5CCOCC5)ccc4nc23)CC1. The minimum Gasteiger partial charge on any atom is -0.481 e. The molecule has 2 aliphatic rings. The van der Waals surface area contributed by atoms with E-state index in [2.05, 4.69) is 15.2 Å². The molecule has 5 rings (SSSR count). The molecule has 178 valence electrons. The van der Waals surface area contributed by atoms with Crippen molar-refractivity contribution in [3.8, 4) is 0 Å². The number of hydrogen-bond acceptors (Lipinski definition) is 6. The highest BCUT2D eigenvalue weighted by atomic mass is 16.5. The van der Waals surface area contributed by atoms with Crippen molar-refractivity contribution in [3.05, 3.63) is 52.4 Å². The average Bonchev–Trinajstić information content (AvgIpc) is 2.85. The van der Waals surface area contributed by atoms with Crippen molar-refractivity contribution in [2.45, 2.75) is 38.6 Å². The third-order valence-corrected chi connectivity index (χ3v) is 7.18. The molecule has 2 fully saturated rings. The van der Waals surface area contributed by atoms with Crippen molar-refractivity contribution in [2.24, 2.45) is 5.41 Å². The Hall–Kier alpha value is -3.46. The molecule has 0 radical (unpaired) electrons. The van der Waals surface area contributed by atoms with E-state index >= 15 is 0 Å². The highest BCUT2D eigenvalue weighted by Crippen LogP contribution is 2.36. The van der Waals surface area contributed by atoms with Gasteiger partial charge in [-0.15, -0.1) is 0 Å². The zero-order chi connectivity index (χ0) is 23.9. The van der Waals surface area contributed by atoms with Crippen LogP contribution in [-0.2, 0) is 9.53 Å². The predicted octanol–water partition coefficient (Wildman–Crippen LogP) is 2.45. The van der Waals surface area contributed by atoms with Crippen molar-refractivity contribution in [1.82, 2.24) is 14.7 Å². The van der Waals surface area contributed by atoms with Crippen molar-refractivity contribution < 1.29 is 19.4 Å². The number of amides is 1. The number of anilines is 1. The van der Waals surface area contributed by atoms with E-state index in [1.807, 2.05) is 18.2 Å². The van der Waals surface area contributed by atoms with E-state index in [9.17, 15) is 19.5 Å². The monoisotopic (exact) mass is 464 g/mol. The zero-order valence-electron chi connectivity index (χ0n) is 19.1. The van der Waals surface area contributed by atoms with E-state index in [0.29, 0.717) is 61.0 Å². The van der Waals surface area contributed by atoms with Crippen LogP contribution >= 0.6 is 0 Å². The minimum absolute atomic E-state index is 0.108. The predicted molar refractivity (Wildman–Crippen MR) is 127 cm³/mol. The molecule has 3 heterocycles. The fourth-order valence-electron chi connectivity index (χ4n) is 4.89. The lowest BCUT2D eigenvalue weighted by atomic mass is 9.74. The number of ether oxygens (including phenoxy) is 1. The lowest BCUT2D eigenvalue weighted by molar-refractivity contribution is -0.149. The number of nitrogens with zero attached hydrogens (tertiary/aromatic N) is 3. The van der Waals surface area contributed by atoms with Crippen LogP contribution in [0.4, 0.5) is 5.69 Å². The van der Waals surface area contributed by atoms with E-state index in [1.54, 1.807) is 25.3 Å². The standard InChI is InChI=1S/C25H28N4O5/c1-25(24(32)33)8-6-16(7-9-25)26-22(30)18-3-2-10-29-21(18)27-20-5-4-17(15-19(20)23(29)31)28-11-13-34-14-12-28/h2-5,10,15-16H,6-9,11-14H2,1H3,(H,26,30)(H,32,33). The number of rotatable bonds is 4. The van der Waals surface area contributed by atoms with E-state index in [1.165, 1.54) is 4.40 Å². The summed E-state index contributed by atoms with van der Waals surface area (Å²) in [6, 6.07) is 8.85. The van der Waals surface area contributed by atoms with Gasteiger partial charge in [-0.25, -0.2) is 4.98 Å². The number of fused-ring (bicyclic) bond motifs is 2. The van der Waals surface area contributed by atoms with Gasteiger partial charge in [0.2, 0.25) is 0 Å². The number of hydrogen-bond donors (Lipinski definition) is 2. The molecule has 1 aromatic carbocycles. The molecule has 0 spiro atoms. The molecule has 0 bridgehead atoms. The molecular weight excluding hydrogens is 436 g/mol. The molecule has 2 N–H and O–H groups in total. The molecule has 1 aliphatic heterocycles. The van der Waals surface area contributed by atoms with Gasteiger partial charge in [0.15, 0.2) is 5.65 Å². The molecule has 1 saturated heterocycles. The summed E-state index contributed by atoms with van der Waals surface area (Å²) in [5, 5.41) is 12.9. The number of carbonyl (C=O) groups is 2. The fraction of sp³-hybridized carbons (Fsp3) is 0.440. The van der Waals surface area contributed by atoms with Crippen LogP contribution in [0.25, 0.3) is 16.6 Å². The second kappa shape index (κ2) is 8.72. The summed E-state index contributed by atoms with van der Waals surface area (Å²) < 4.78 is 6.84. The van der Waals surface area contributed by atoms with Crippen LogP contribution in [0.15, 0.2) is 41.3 Å². The summed E-state index contributed by atoms with van der Waals surface area (Å²) in [5.74, 6) is -1.10. The summed E-state index contributed by atoms with van der Waals surface area (Å²) in [6.07, 6.45) is 3.84. The molecule has 2 aromatic heterocycles. The lowest BCUT2D eigenvalue weighted by Gasteiger charge is -2.34. The number of pyridine rings is 1. The van der Waals surface area contributed by atoms with Crippen LogP contribution in [0.3, 0.4) is 0 Å². The Balaban J connectivity index is 1.44. The number of aromatic nitrogens is 2. The van der Waals surface area contributed by atoms with Gasteiger partial charge >= 0.3 is 5.97 Å². The summed E-state index contributed by atoms with van der Waals surface area (Å²) in [5.41, 5.74) is 1.16. The Bertz CT molecular complexity index is 1320. The van der Waals surface area contributed by atoms with Crippen LogP contribution in [0.2, 0.25) is 0 Å². The van der Waals surface area contributed by atoms with Crippen LogP contribution < -0.4 is 15.8 Å². The van der Waals surface area contributed by atoms with Crippen molar-refractivity contribution in [3.63, 3.8) is 0 Å². The molecule has 3 aromatic rings. The minimum atomic E-state index is -0.793. The number of aliphatic carboxylic acids is 1. The summed E-state index contributed by atoms with van der Waals surface area (Å²) >= 11 is 0. The third kappa shape index (κ3) is 4.00. The third-order valence-electron chi connectivity index (χ3n) is 7.18. The Labute approximate surface area is 196 Å². The molecule has 0 atom stereocenters. The first-order valence-corrected chi connectivity index (χ1v) is 11.7. The fourth-order valence-corrected chi connectivity index (χ4v) is 4.89. The van der Waals surface area contributed by atoms with Crippen molar-refractivity contribution in [2.75, 3.05) is 31.2 Å². The van der Waals surface area contributed by atoms with E-state index in [0.717, 1.165) is 18.8 Å². The van der Waals surface area contributed by atoms with Gasteiger partial charge in [0.1, 0.15) is 0 Å². The van der Waals surface area contributed by atoms with Gasteiger partial charge in [0, 0.05) is 31.0 Å². The van der Waals surface area contributed by atoms with Crippen LogP contribution in [-0.4, -0.2) is 58.7 Å². The maximum atomic E-state index is 13.3. The molecule has 1 aliphatic carbocycles. The Morgan fingerprint density at radius 2 is 1.91 bits per heavy atom. The number of carboxylic acids is 1. The molecule has 9 nitrogen and oxygen atoms in total. The highest BCUT2D eigenvalue weighted by Gasteiger charge is 2.38. The van der Waals surface area contributed by atoms with Gasteiger partial charge in [0.05, 0.1) is 35.1 Å². The van der Waals surface area contributed by atoms with Crippen molar-refractivity contribution in [1.29, 1.82) is 0 Å². The first kappa shape index (κ1) is 22.3. The topological polar surface area (TPSA) is 113 Å². The maximum absolute atomic E-state index is 13.3. The van der Waals surface area contributed by atoms with E-state index in [-0.39, 0.29) is 17.5 Å². The summed E-state index contributed by atoms with van der Waals surface area (Å²) in [6.45, 7) is 4.60. The molecule has 9 heteroatoms. The summed E-state index contributed by atoms with van der Waals surface area (Å²) in [7, 11) is 0. The van der Waals surface area contributed by atoms with Gasteiger partial charge in [-0.05, 0) is 62.9 Å². The first-order valence-electron chi connectivity index (χ1n) is 11.7. The van der Waals surface area contributed by atoms with Gasteiger partial charge in [-0.2, -0.15) is 0 Å². The van der Waals surface area contributed by atoms with Gasteiger partial charge in [0.25, 0.3) is 11.5 Å². The molecule has 1 saturated carbocycles. The number of nitrogens with one attached hydrogen (secondary N) is 1. The second-order valence-electron chi connectivity index (χ2n) is 9.45. The number of benzene rings is 1. The number of morpholine rings is 1. The average molecular weight is 465 g/mol. The van der Waals surface area contributed by atoms with Crippen LogP contribution in [0.1, 0.15) is 43.0 Å². The Morgan fingerprint density at radius 3 is 2.62 bits per heavy atom. The summed E-state index contributed by atoms with van der Waals surface area (Å²) in [4.78, 5) is 44.8. The smallest absolute Gasteiger partial charge is 0.309 e. The first-order chi connectivity index (χ1) is 16.4. The maximum Gasteiger partial charge on any atom is 0.309 e. The normalized spacial score (nSPS) is 23.2. The van der Waals surface area contributed by atoms with Crippen LogP contribution in [0.5, 0.6) is 0 Å². The largest absolute Gasteiger partial charge is 0.481 e. The second-order valence-corrected chi connectivity index (χ2v) is 9.45. The molecule has 1 amide bonds. The van der Waals surface area contributed by atoms with Gasteiger partial charge in [-0.1, -0.05) is 0 Å². The Kier molecular flexibility index (Phi) is 5.73. The molecular formula is C25H28N4O5. The Morgan fingerprint density at radius 1 is 1.18 bits per heavy atom. The quantitative estimate of drug-likeness (QED) is 0.570. The molecule has 0 unspecified atom stereocenters. The number of carbonyl (C=O) groups excluding carboxylic acids is 1.